The first kappa shape index (κ1) is 9.75. The fourth-order valence-electron chi connectivity index (χ4n) is 1.11. The molecule has 0 heterocycles. The van der Waals surface area contributed by atoms with Crippen LogP contribution in [-0.2, 0) is 6.42 Å². The molecule has 0 unspecified atom stereocenters. The van der Waals surface area contributed by atoms with Crippen molar-refractivity contribution in [2.24, 2.45) is 5.73 Å². The summed E-state index contributed by atoms with van der Waals surface area (Å²) in [7, 11) is 0. The zero-order chi connectivity index (χ0) is 8.97. The van der Waals surface area contributed by atoms with Crippen molar-refractivity contribution in [3.05, 3.63) is 34.3 Å². The van der Waals surface area contributed by atoms with Crippen molar-refractivity contribution in [1.82, 2.24) is 0 Å². The van der Waals surface area contributed by atoms with E-state index < -0.39 is 0 Å². The second kappa shape index (κ2) is 4.63. The predicted octanol–water partition coefficient (Wildman–Crippen LogP) is 2.73. The lowest BCUT2D eigenvalue weighted by molar-refractivity contribution is 0.646. The highest BCUT2D eigenvalue weighted by Gasteiger charge is 2.00. The number of rotatable bonds is 3. The van der Waals surface area contributed by atoms with Gasteiger partial charge in [0.1, 0.15) is 0 Å². The molecule has 0 aliphatic carbocycles. The molecule has 66 valence electrons. The van der Waals surface area contributed by atoms with Crippen molar-refractivity contribution >= 4 is 15.9 Å². The van der Waals surface area contributed by atoms with E-state index in [1.807, 2.05) is 12.1 Å². The highest BCUT2D eigenvalue weighted by atomic mass is 79.9. The molecule has 12 heavy (non-hydrogen) atoms. The van der Waals surface area contributed by atoms with Crippen LogP contribution in [0.25, 0.3) is 0 Å². The minimum absolute atomic E-state index is 0.291. The number of nitrogens with two attached hydrogens (primary N) is 1. The van der Waals surface area contributed by atoms with E-state index in [0.29, 0.717) is 6.04 Å². The molecule has 0 aliphatic rings. The highest BCUT2D eigenvalue weighted by Crippen LogP contribution is 2.13. The Balaban J connectivity index is 2.63. The van der Waals surface area contributed by atoms with Gasteiger partial charge in [-0.2, -0.15) is 0 Å². The summed E-state index contributed by atoms with van der Waals surface area (Å²) in [5, 5.41) is 0. The van der Waals surface area contributed by atoms with E-state index in [1.54, 1.807) is 0 Å². The third kappa shape index (κ3) is 2.95. The normalized spacial score (nSPS) is 12.9. The van der Waals surface area contributed by atoms with Crippen LogP contribution in [0.4, 0.5) is 0 Å². The summed E-state index contributed by atoms with van der Waals surface area (Å²) in [6, 6.07) is 8.60. The van der Waals surface area contributed by atoms with Crippen LogP contribution in [0.15, 0.2) is 28.7 Å². The Hall–Kier alpha value is -0.340. The molecular formula is C10H14BrN. The van der Waals surface area contributed by atoms with Crippen LogP contribution in [0.5, 0.6) is 0 Å². The monoisotopic (exact) mass is 227 g/mol. The van der Waals surface area contributed by atoms with Crippen molar-refractivity contribution in [3.63, 3.8) is 0 Å². The second-order valence-corrected chi connectivity index (χ2v) is 3.92. The van der Waals surface area contributed by atoms with E-state index in [-0.39, 0.29) is 0 Å². The third-order valence-electron chi connectivity index (χ3n) is 1.91. The van der Waals surface area contributed by atoms with Crippen LogP contribution in [0, 0.1) is 0 Å². The van der Waals surface area contributed by atoms with E-state index in [2.05, 4.69) is 35.0 Å². The maximum atomic E-state index is 5.84. The van der Waals surface area contributed by atoms with Gasteiger partial charge in [0, 0.05) is 10.5 Å². The van der Waals surface area contributed by atoms with Crippen LogP contribution < -0.4 is 5.73 Å². The average molecular weight is 228 g/mol. The van der Waals surface area contributed by atoms with Gasteiger partial charge < -0.3 is 5.73 Å². The minimum Gasteiger partial charge on any atom is -0.327 e. The lowest BCUT2D eigenvalue weighted by Gasteiger charge is -2.08. The molecule has 0 saturated heterocycles. The molecule has 0 aliphatic heterocycles. The molecule has 0 saturated carbocycles. The standard InChI is InChI=1S/C10H14BrN/c1-2-10(12)7-8-4-3-5-9(11)6-8/h3-6,10H,2,7,12H2,1H3/t10-/m1/s1. The molecule has 2 heteroatoms. The van der Waals surface area contributed by atoms with E-state index in [9.17, 15) is 0 Å². The fraction of sp³-hybridized carbons (Fsp3) is 0.400. The van der Waals surface area contributed by atoms with Crippen LogP contribution in [0.3, 0.4) is 0 Å². The predicted molar refractivity (Wildman–Crippen MR) is 56.1 cm³/mol. The fourth-order valence-corrected chi connectivity index (χ4v) is 1.56. The zero-order valence-corrected chi connectivity index (χ0v) is 8.84. The van der Waals surface area contributed by atoms with Gasteiger partial charge in [-0.15, -0.1) is 0 Å². The van der Waals surface area contributed by atoms with Gasteiger partial charge in [0.05, 0.1) is 0 Å². The quantitative estimate of drug-likeness (QED) is 0.845. The summed E-state index contributed by atoms with van der Waals surface area (Å²) < 4.78 is 1.13. The van der Waals surface area contributed by atoms with Gasteiger partial charge in [-0.3, -0.25) is 0 Å². The topological polar surface area (TPSA) is 26.0 Å². The largest absolute Gasteiger partial charge is 0.327 e. The first-order valence-electron chi connectivity index (χ1n) is 4.22. The first-order chi connectivity index (χ1) is 5.72. The molecule has 0 aromatic heterocycles. The molecule has 1 atom stereocenters. The maximum Gasteiger partial charge on any atom is 0.0178 e. The van der Waals surface area contributed by atoms with Gasteiger partial charge in [0.2, 0.25) is 0 Å². The summed E-state index contributed by atoms with van der Waals surface area (Å²) in [6.45, 7) is 2.11. The van der Waals surface area contributed by atoms with Crippen LogP contribution in [0.1, 0.15) is 18.9 Å². The summed E-state index contributed by atoms with van der Waals surface area (Å²) in [4.78, 5) is 0. The van der Waals surface area contributed by atoms with Crippen molar-refractivity contribution in [1.29, 1.82) is 0 Å². The van der Waals surface area contributed by atoms with E-state index in [0.717, 1.165) is 17.3 Å². The second-order valence-electron chi connectivity index (χ2n) is 3.00. The Morgan fingerprint density at radius 2 is 2.25 bits per heavy atom. The van der Waals surface area contributed by atoms with Gasteiger partial charge in [-0.1, -0.05) is 35.0 Å². The average Bonchev–Trinajstić information content (AvgIpc) is 2.04. The minimum atomic E-state index is 0.291. The summed E-state index contributed by atoms with van der Waals surface area (Å²) in [5.74, 6) is 0. The van der Waals surface area contributed by atoms with Crippen LogP contribution in [-0.4, -0.2) is 6.04 Å². The molecule has 0 radical (unpaired) electrons. The van der Waals surface area contributed by atoms with E-state index >= 15 is 0 Å². The summed E-state index contributed by atoms with van der Waals surface area (Å²) >= 11 is 3.43. The number of hydrogen-bond acceptors (Lipinski definition) is 1. The van der Waals surface area contributed by atoms with E-state index in [1.165, 1.54) is 5.56 Å². The molecule has 0 amide bonds. The van der Waals surface area contributed by atoms with Crippen LogP contribution >= 0.6 is 15.9 Å². The Kier molecular flexibility index (Phi) is 3.76. The Morgan fingerprint density at radius 1 is 1.50 bits per heavy atom. The Bertz CT molecular complexity index is 247. The Morgan fingerprint density at radius 3 is 2.83 bits per heavy atom. The third-order valence-corrected chi connectivity index (χ3v) is 2.40. The van der Waals surface area contributed by atoms with Gasteiger partial charge in [-0.25, -0.2) is 0 Å². The van der Waals surface area contributed by atoms with Gasteiger partial charge in [0.25, 0.3) is 0 Å². The van der Waals surface area contributed by atoms with Crippen molar-refractivity contribution < 1.29 is 0 Å². The van der Waals surface area contributed by atoms with Crippen molar-refractivity contribution in [2.45, 2.75) is 25.8 Å². The highest BCUT2D eigenvalue weighted by molar-refractivity contribution is 9.10. The van der Waals surface area contributed by atoms with Gasteiger partial charge in [0.15, 0.2) is 0 Å². The SMILES string of the molecule is CC[C@@H](N)Cc1cccc(Br)c1. The first-order valence-corrected chi connectivity index (χ1v) is 5.01. The summed E-state index contributed by atoms with van der Waals surface area (Å²) in [5.41, 5.74) is 7.14. The van der Waals surface area contributed by atoms with Gasteiger partial charge in [-0.05, 0) is 30.5 Å². The molecule has 1 nitrogen and oxygen atoms in total. The number of benzene rings is 1. The molecule has 0 bridgehead atoms. The Labute approximate surface area is 82.1 Å². The van der Waals surface area contributed by atoms with Crippen molar-refractivity contribution in [3.8, 4) is 0 Å². The molecule has 0 spiro atoms. The lowest BCUT2D eigenvalue weighted by atomic mass is 10.1. The smallest absolute Gasteiger partial charge is 0.0178 e. The number of halogens is 1. The molecule has 1 aromatic rings. The summed E-state index contributed by atoms with van der Waals surface area (Å²) in [6.07, 6.45) is 2.00. The molecule has 2 N–H and O–H groups in total. The van der Waals surface area contributed by atoms with Crippen molar-refractivity contribution in [2.75, 3.05) is 0 Å². The molecule has 0 fully saturated rings. The van der Waals surface area contributed by atoms with Crippen LogP contribution in [0.2, 0.25) is 0 Å². The molecule has 1 aromatic carbocycles. The van der Waals surface area contributed by atoms with Gasteiger partial charge >= 0.3 is 0 Å². The van der Waals surface area contributed by atoms with E-state index in [4.69, 9.17) is 5.73 Å². The number of hydrogen-bond donors (Lipinski definition) is 1. The lowest BCUT2D eigenvalue weighted by Crippen LogP contribution is -2.21. The molecular weight excluding hydrogens is 214 g/mol. The zero-order valence-electron chi connectivity index (χ0n) is 7.26. The molecule has 1 rings (SSSR count). The maximum absolute atomic E-state index is 5.84.